The SMILES string of the molecule is O=C(O)c1cc(S(=O)(=O)NCCOc2ccccc2)c[nH]1. The van der Waals surface area contributed by atoms with Gasteiger partial charge in [0.1, 0.15) is 22.9 Å². The number of nitrogens with one attached hydrogen (secondary N) is 2. The van der Waals surface area contributed by atoms with Crippen LogP contribution in [-0.4, -0.2) is 37.6 Å². The first-order chi connectivity index (χ1) is 9.99. The van der Waals surface area contributed by atoms with E-state index in [-0.39, 0.29) is 23.7 Å². The van der Waals surface area contributed by atoms with Crippen LogP contribution in [0.3, 0.4) is 0 Å². The number of aromatic amines is 1. The number of carboxylic acid groups (broad SMARTS) is 1. The van der Waals surface area contributed by atoms with Crippen molar-refractivity contribution in [1.29, 1.82) is 0 Å². The second-order valence-corrected chi connectivity index (χ2v) is 5.88. The van der Waals surface area contributed by atoms with E-state index >= 15 is 0 Å². The number of aromatic carboxylic acids is 1. The van der Waals surface area contributed by atoms with Crippen LogP contribution in [0.25, 0.3) is 0 Å². The van der Waals surface area contributed by atoms with E-state index in [0.29, 0.717) is 5.75 Å². The molecule has 1 aromatic carbocycles. The molecule has 0 atom stereocenters. The van der Waals surface area contributed by atoms with Gasteiger partial charge in [0.25, 0.3) is 0 Å². The number of sulfonamides is 1. The van der Waals surface area contributed by atoms with Gasteiger partial charge in [-0.25, -0.2) is 17.9 Å². The molecular formula is C13H14N2O5S. The Morgan fingerprint density at radius 3 is 2.62 bits per heavy atom. The number of rotatable bonds is 7. The quantitative estimate of drug-likeness (QED) is 0.663. The molecule has 0 aliphatic carbocycles. The highest BCUT2D eigenvalue weighted by Crippen LogP contribution is 2.11. The van der Waals surface area contributed by atoms with E-state index in [1.807, 2.05) is 18.2 Å². The van der Waals surface area contributed by atoms with Crippen molar-refractivity contribution in [2.75, 3.05) is 13.2 Å². The summed E-state index contributed by atoms with van der Waals surface area (Å²) in [6, 6.07) is 10.1. The molecule has 0 saturated heterocycles. The monoisotopic (exact) mass is 310 g/mol. The molecule has 8 heteroatoms. The van der Waals surface area contributed by atoms with Gasteiger partial charge < -0.3 is 14.8 Å². The lowest BCUT2D eigenvalue weighted by atomic mass is 10.3. The normalized spacial score (nSPS) is 11.2. The molecular weight excluding hydrogens is 296 g/mol. The maximum atomic E-state index is 11.9. The fourth-order valence-electron chi connectivity index (χ4n) is 1.60. The number of hydrogen-bond acceptors (Lipinski definition) is 4. The summed E-state index contributed by atoms with van der Waals surface area (Å²) in [5, 5.41) is 8.74. The highest BCUT2D eigenvalue weighted by molar-refractivity contribution is 7.89. The van der Waals surface area contributed by atoms with Gasteiger partial charge >= 0.3 is 5.97 Å². The topological polar surface area (TPSA) is 108 Å². The molecule has 0 bridgehead atoms. The van der Waals surface area contributed by atoms with Crippen molar-refractivity contribution in [2.45, 2.75) is 4.90 Å². The first-order valence-corrected chi connectivity index (χ1v) is 7.56. The Bertz CT molecular complexity index is 709. The molecule has 0 aliphatic heterocycles. The summed E-state index contributed by atoms with van der Waals surface area (Å²) in [5.74, 6) is -0.574. The lowest BCUT2D eigenvalue weighted by Crippen LogP contribution is -2.28. The van der Waals surface area contributed by atoms with Crippen LogP contribution in [0.5, 0.6) is 5.75 Å². The van der Waals surface area contributed by atoms with Crippen molar-refractivity contribution in [3.63, 3.8) is 0 Å². The molecule has 21 heavy (non-hydrogen) atoms. The third-order valence-corrected chi connectivity index (χ3v) is 4.04. The predicted molar refractivity (Wildman–Crippen MR) is 74.9 cm³/mol. The average molecular weight is 310 g/mol. The van der Waals surface area contributed by atoms with Crippen molar-refractivity contribution in [3.05, 3.63) is 48.3 Å². The highest BCUT2D eigenvalue weighted by atomic mass is 32.2. The number of hydrogen-bond donors (Lipinski definition) is 3. The van der Waals surface area contributed by atoms with Crippen molar-refractivity contribution in [1.82, 2.24) is 9.71 Å². The molecule has 2 rings (SSSR count). The number of carbonyl (C=O) groups is 1. The predicted octanol–water partition coefficient (Wildman–Crippen LogP) is 1.07. The Morgan fingerprint density at radius 1 is 1.29 bits per heavy atom. The van der Waals surface area contributed by atoms with Gasteiger partial charge in [-0.05, 0) is 18.2 Å². The largest absolute Gasteiger partial charge is 0.492 e. The molecule has 7 nitrogen and oxygen atoms in total. The first-order valence-electron chi connectivity index (χ1n) is 6.08. The van der Waals surface area contributed by atoms with Gasteiger partial charge in [0.05, 0.1) is 0 Å². The van der Waals surface area contributed by atoms with Crippen LogP contribution in [-0.2, 0) is 10.0 Å². The maximum absolute atomic E-state index is 11.9. The molecule has 0 aliphatic rings. The molecule has 1 aromatic heterocycles. The molecule has 0 saturated carbocycles. The van der Waals surface area contributed by atoms with Gasteiger partial charge in [0.15, 0.2) is 0 Å². The van der Waals surface area contributed by atoms with E-state index in [1.54, 1.807) is 12.1 Å². The summed E-state index contributed by atoms with van der Waals surface area (Å²) in [6.07, 6.45) is 1.13. The Morgan fingerprint density at radius 2 is 2.00 bits per heavy atom. The summed E-state index contributed by atoms with van der Waals surface area (Å²) in [4.78, 5) is 12.9. The zero-order chi connectivity index (χ0) is 15.3. The third kappa shape index (κ3) is 4.07. The molecule has 2 aromatic rings. The van der Waals surface area contributed by atoms with Gasteiger partial charge in [0.2, 0.25) is 10.0 Å². The molecule has 1 heterocycles. The van der Waals surface area contributed by atoms with Crippen molar-refractivity contribution >= 4 is 16.0 Å². The van der Waals surface area contributed by atoms with Crippen LogP contribution in [0.4, 0.5) is 0 Å². The molecule has 0 unspecified atom stereocenters. The summed E-state index contributed by atoms with van der Waals surface area (Å²) in [5.41, 5.74) is -0.184. The van der Waals surface area contributed by atoms with Crippen LogP contribution >= 0.6 is 0 Å². The fourth-order valence-corrected chi connectivity index (χ4v) is 2.60. The van der Waals surface area contributed by atoms with Gasteiger partial charge in [-0.15, -0.1) is 0 Å². The summed E-state index contributed by atoms with van der Waals surface area (Å²) in [7, 11) is -3.75. The van der Waals surface area contributed by atoms with Crippen LogP contribution < -0.4 is 9.46 Å². The fraction of sp³-hybridized carbons (Fsp3) is 0.154. The second-order valence-electron chi connectivity index (χ2n) is 4.11. The van der Waals surface area contributed by atoms with Crippen LogP contribution in [0.1, 0.15) is 10.5 Å². The number of benzene rings is 1. The van der Waals surface area contributed by atoms with Crippen molar-refractivity contribution < 1.29 is 23.1 Å². The lowest BCUT2D eigenvalue weighted by molar-refractivity contribution is 0.0691. The molecule has 0 amide bonds. The van der Waals surface area contributed by atoms with E-state index in [4.69, 9.17) is 9.84 Å². The summed E-state index contributed by atoms with van der Waals surface area (Å²) < 4.78 is 31.5. The van der Waals surface area contributed by atoms with Crippen molar-refractivity contribution in [3.8, 4) is 5.75 Å². The number of ether oxygens (including phenoxy) is 1. The van der Waals surface area contributed by atoms with E-state index in [2.05, 4.69) is 9.71 Å². The summed E-state index contributed by atoms with van der Waals surface area (Å²) in [6.45, 7) is 0.240. The smallest absolute Gasteiger partial charge is 0.352 e. The Kier molecular flexibility index (Phi) is 4.61. The minimum absolute atomic E-state index is 0.0742. The second kappa shape index (κ2) is 6.42. The molecule has 0 spiro atoms. The molecule has 3 N–H and O–H groups in total. The average Bonchev–Trinajstić information content (AvgIpc) is 2.96. The minimum Gasteiger partial charge on any atom is -0.492 e. The molecule has 0 radical (unpaired) electrons. The zero-order valence-electron chi connectivity index (χ0n) is 10.9. The Labute approximate surface area is 121 Å². The van der Waals surface area contributed by atoms with Crippen LogP contribution in [0.2, 0.25) is 0 Å². The number of para-hydroxylation sites is 1. The van der Waals surface area contributed by atoms with E-state index in [0.717, 1.165) is 12.3 Å². The summed E-state index contributed by atoms with van der Waals surface area (Å²) >= 11 is 0. The van der Waals surface area contributed by atoms with Gasteiger partial charge in [-0.2, -0.15) is 0 Å². The number of aromatic nitrogens is 1. The standard InChI is InChI=1S/C13H14N2O5S/c16-13(17)12-8-11(9-14-12)21(18,19)15-6-7-20-10-4-2-1-3-5-10/h1-5,8-9,14-15H,6-7H2,(H,16,17). The van der Waals surface area contributed by atoms with E-state index in [9.17, 15) is 13.2 Å². The van der Waals surface area contributed by atoms with Crippen molar-refractivity contribution in [2.24, 2.45) is 0 Å². The van der Waals surface area contributed by atoms with E-state index in [1.165, 1.54) is 0 Å². The highest BCUT2D eigenvalue weighted by Gasteiger charge is 2.17. The van der Waals surface area contributed by atoms with E-state index < -0.39 is 16.0 Å². The number of H-pyrrole nitrogens is 1. The first kappa shape index (κ1) is 15.1. The van der Waals surface area contributed by atoms with Crippen LogP contribution in [0, 0.1) is 0 Å². The van der Waals surface area contributed by atoms with Gasteiger partial charge in [-0.3, -0.25) is 0 Å². The molecule has 112 valence electrons. The third-order valence-electron chi connectivity index (χ3n) is 2.60. The number of carboxylic acids is 1. The maximum Gasteiger partial charge on any atom is 0.352 e. The minimum atomic E-state index is -3.75. The van der Waals surface area contributed by atoms with Gasteiger partial charge in [0, 0.05) is 12.7 Å². The Hall–Kier alpha value is -2.32. The van der Waals surface area contributed by atoms with Crippen LogP contribution in [0.15, 0.2) is 47.5 Å². The zero-order valence-corrected chi connectivity index (χ0v) is 11.8. The lowest BCUT2D eigenvalue weighted by Gasteiger charge is -2.07. The van der Waals surface area contributed by atoms with Gasteiger partial charge in [-0.1, -0.05) is 18.2 Å². The Balaban J connectivity index is 1.88. The molecule has 0 fully saturated rings.